The molecule has 0 unspecified atom stereocenters. The average molecular weight is 241 g/mol. The van der Waals surface area contributed by atoms with Gasteiger partial charge in [0.2, 0.25) is 11.8 Å². The maximum absolute atomic E-state index is 11.8. The number of nitrogens with zero attached hydrogens (tertiary/aromatic N) is 2. The van der Waals surface area contributed by atoms with Crippen LogP contribution in [0, 0.1) is 0 Å². The van der Waals surface area contributed by atoms with Gasteiger partial charge in [-0.2, -0.15) is 4.98 Å². The van der Waals surface area contributed by atoms with Crippen molar-refractivity contribution in [1.29, 1.82) is 0 Å². The van der Waals surface area contributed by atoms with E-state index in [-0.39, 0.29) is 29.8 Å². The molecule has 1 aromatic heterocycles. The second-order valence-corrected chi connectivity index (χ2v) is 3.65. The molecule has 8 heteroatoms. The molecule has 1 aromatic rings. The van der Waals surface area contributed by atoms with E-state index in [9.17, 15) is 4.79 Å². The number of nitrogens with two attached hydrogens (primary N) is 1. The predicted molar refractivity (Wildman–Crippen MR) is 58.3 cm³/mol. The molecule has 0 aliphatic carbocycles. The maximum atomic E-state index is 11.8. The smallest absolute Gasteiger partial charge is 0.289 e. The molecule has 0 radical (unpaired) electrons. The standard InChI is InChI=1S/C9H15N5O3/c1-2-17-6-4-16-3-5(6)11-8(15)7-12-9(10)14-13-7/h5-6H,2-4H2,1H3,(H,11,15)(H3,10,12,13,14)/t5-,6-/m1/s1. The van der Waals surface area contributed by atoms with E-state index in [0.717, 1.165) is 0 Å². The SMILES string of the molecule is CCO[C@@H]1COC[C@H]1NC(=O)c1nc(N)n[nH]1. The number of aromatic amines is 1. The van der Waals surface area contributed by atoms with Gasteiger partial charge in [0.15, 0.2) is 0 Å². The van der Waals surface area contributed by atoms with Crippen LogP contribution in [0.3, 0.4) is 0 Å². The van der Waals surface area contributed by atoms with Gasteiger partial charge in [-0.3, -0.25) is 9.89 Å². The summed E-state index contributed by atoms with van der Waals surface area (Å²) in [7, 11) is 0. The first-order valence-electron chi connectivity index (χ1n) is 5.38. The predicted octanol–water partition coefficient (Wildman–Crippen LogP) is -1.08. The van der Waals surface area contributed by atoms with Crippen molar-refractivity contribution in [1.82, 2.24) is 20.5 Å². The molecule has 2 atom stereocenters. The number of nitrogen functional groups attached to an aromatic ring is 1. The second kappa shape index (κ2) is 5.11. The van der Waals surface area contributed by atoms with E-state index in [1.54, 1.807) is 0 Å². The van der Waals surface area contributed by atoms with E-state index in [4.69, 9.17) is 15.2 Å². The normalized spacial score (nSPS) is 23.8. The third-order valence-electron chi connectivity index (χ3n) is 2.44. The Morgan fingerprint density at radius 3 is 3.18 bits per heavy atom. The van der Waals surface area contributed by atoms with Gasteiger partial charge in [0.1, 0.15) is 6.10 Å². The lowest BCUT2D eigenvalue weighted by atomic mass is 10.2. The summed E-state index contributed by atoms with van der Waals surface area (Å²) in [6.07, 6.45) is -0.121. The maximum Gasteiger partial charge on any atom is 0.289 e. The molecule has 0 aromatic carbocycles. The largest absolute Gasteiger partial charge is 0.376 e. The van der Waals surface area contributed by atoms with E-state index in [2.05, 4.69) is 20.5 Å². The summed E-state index contributed by atoms with van der Waals surface area (Å²) >= 11 is 0. The number of carbonyl (C=O) groups is 1. The molecule has 17 heavy (non-hydrogen) atoms. The first kappa shape index (κ1) is 11.8. The number of carbonyl (C=O) groups excluding carboxylic acids is 1. The van der Waals surface area contributed by atoms with E-state index < -0.39 is 0 Å². The van der Waals surface area contributed by atoms with E-state index in [1.807, 2.05) is 6.92 Å². The van der Waals surface area contributed by atoms with Gasteiger partial charge in [0.05, 0.1) is 19.3 Å². The van der Waals surface area contributed by atoms with Crippen LogP contribution in [0.2, 0.25) is 0 Å². The molecule has 1 fully saturated rings. The molecule has 2 rings (SSSR count). The number of aromatic nitrogens is 3. The first-order valence-corrected chi connectivity index (χ1v) is 5.38. The Morgan fingerprint density at radius 1 is 1.71 bits per heavy atom. The third kappa shape index (κ3) is 2.71. The summed E-state index contributed by atoms with van der Waals surface area (Å²) in [6.45, 7) is 3.39. The van der Waals surface area contributed by atoms with Crippen LogP contribution in [-0.2, 0) is 9.47 Å². The molecule has 2 heterocycles. The van der Waals surface area contributed by atoms with Crippen LogP contribution < -0.4 is 11.1 Å². The highest BCUT2D eigenvalue weighted by molar-refractivity contribution is 5.90. The molecule has 8 nitrogen and oxygen atoms in total. The third-order valence-corrected chi connectivity index (χ3v) is 2.44. The number of rotatable bonds is 4. The molecule has 1 aliphatic heterocycles. The summed E-state index contributed by atoms with van der Waals surface area (Å²) < 4.78 is 10.7. The molecule has 94 valence electrons. The zero-order valence-corrected chi connectivity index (χ0v) is 9.47. The van der Waals surface area contributed by atoms with Crippen LogP contribution in [0.1, 0.15) is 17.5 Å². The van der Waals surface area contributed by atoms with Gasteiger partial charge in [-0.25, -0.2) is 0 Å². The molecule has 1 aliphatic rings. The summed E-state index contributed by atoms with van der Waals surface area (Å²) in [5.74, 6) is -0.238. The Bertz CT molecular complexity index is 394. The molecule has 1 amide bonds. The van der Waals surface area contributed by atoms with Crippen molar-refractivity contribution in [2.75, 3.05) is 25.6 Å². The fraction of sp³-hybridized carbons (Fsp3) is 0.667. The molecule has 0 bridgehead atoms. The van der Waals surface area contributed by atoms with Gasteiger partial charge in [0.25, 0.3) is 5.91 Å². The minimum atomic E-state index is -0.366. The Kier molecular flexibility index (Phi) is 3.55. The summed E-state index contributed by atoms with van der Waals surface area (Å²) in [5, 5.41) is 8.80. The second-order valence-electron chi connectivity index (χ2n) is 3.65. The number of amides is 1. The fourth-order valence-electron chi connectivity index (χ4n) is 1.66. The van der Waals surface area contributed by atoms with Gasteiger partial charge < -0.3 is 20.5 Å². The highest BCUT2D eigenvalue weighted by Gasteiger charge is 2.30. The highest BCUT2D eigenvalue weighted by atomic mass is 16.5. The van der Waals surface area contributed by atoms with Crippen LogP contribution in [0.15, 0.2) is 0 Å². The topological polar surface area (TPSA) is 115 Å². The van der Waals surface area contributed by atoms with E-state index in [1.165, 1.54) is 0 Å². The number of anilines is 1. The van der Waals surface area contributed by atoms with Crippen molar-refractivity contribution in [3.05, 3.63) is 5.82 Å². The fourth-order valence-corrected chi connectivity index (χ4v) is 1.66. The molecular formula is C9H15N5O3. The van der Waals surface area contributed by atoms with Crippen molar-refractivity contribution < 1.29 is 14.3 Å². The summed E-state index contributed by atoms with van der Waals surface area (Å²) in [6, 6.07) is -0.172. The highest BCUT2D eigenvalue weighted by Crippen LogP contribution is 2.10. The van der Waals surface area contributed by atoms with Crippen LogP contribution in [0.25, 0.3) is 0 Å². The lowest BCUT2D eigenvalue weighted by Crippen LogP contribution is -2.44. The van der Waals surface area contributed by atoms with Crippen molar-refractivity contribution in [2.45, 2.75) is 19.1 Å². The zero-order chi connectivity index (χ0) is 12.3. The van der Waals surface area contributed by atoms with Gasteiger partial charge in [-0.05, 0) is 6.92 Å². The molecule has 4 N–H and O–H groups in total. The number of nitrogens with one attached hydrogen (secondary N) is 2. The van der Waals surface area contributed by atoms with Crippen LogP contribution in [-0.4, -0.2) is 53.1 Å². The minimum absolute atomic E-state index is 0.0409. The van der Waals surface area contributed by atoms with Gasteiger partial charge >= 0.3 is 0 Å². The number of hydrogen-bond donors (Lipinski definition) is 3. The van der Waals surface area contributed by atoms with Crippen LogP contribution in [0.5, 0.6) is 0 Å². The number of hydrogen-bond acceptors (Lipinski definition) is 6. The molecular weight excluding hydrogens is 226 g/mol. The van der Waals surface area contributed by atoms with E-state index in [0.29, 0.717) is 19.8 Å². The minimum Gasteiger partial charge on any atom is -0.376 e. The Hall–Kier alpha value is -1.67. The van der Waals surface area contributed by atoms with Crippen LogP contribution >= 0.6 is 0 Å². The summed E-state index contributed by atoms with van der Waals surface area (Å²) in [4.78, 5) is 15.5. The number of ether oxygens (including phenoxy) is 2. The van der Waals surface area contributed by atoms with Crippen molar-refractivity contribution in [2.24, 2.45) is 0 Å². The van der Waals surface area contributed by atoms with Crippen molar-refractivity contribution in [3.63, 3.8) is 0 Å². The van der Waals surface area contributed by atoms with Crippen molar-refractivity contribution >= 4 is 11.9 Å². The lowest BCUT2D eigenvalue weighted by molar-refractivity contribution is 0.0401. The quantitative estimate of drug-likeness (QED) is 0.617. The number of H-pyrrole nitrogens is 1. The Labute approximate surface area is 97.9 Å². The zero-order valence-electron chi connectivity index (χ0n) is 9.47. The monoisotopic (exact) mass is 241 g/mol. The average Bonchev–Trinajstić information content (AvgIpc) is 2.89. The first-order chi connectivity index (χ1) is 8.20. The molecule has 0 spiro atoms. The molecule has 0 saturated carbocycles. The van der Waals surface area contributed by atoms with Gasteiger partial charge in [0, 0.05) is 6.61 Å². The molecule has 1 saturated heterocycles. The van der Waals surface area contributed by atoms with Crippen molar-refractivity contribution in [3.8, 4) is 0 Å². The Balaban J connectivity index is 1.94. The lowest BCUT2D eigenvalue weighted by Gasteiger charge is -2.17. The van der Waals surface area contributed by atoms with E-state index >= 15 is 0 Å². The summed E-state index contributed by atoms with van der Waals surface area (Å²) in [5.41, 5.74) is 5.32. The van der Waals surface area contributed by atoms with Crippen LogP contribution in [0.4, 0.5) is 5.95 Å². The van der Waals surface area contributed by atoms with Gasteiger partial charge in [-0.15, -0.1) is 5.10 Å². The Morgan fingerprint density at radius 2 is 2.53 bits per heavy atom. The van der Waals surface area contributed by atoms with Gasteiger partial charge in [-0.1, -0.05) is 0 Å².